The summed E-state index contributed by atoms with van der Waals surface area (Å²) in [4.78, 5) is 0. The average Bonchev–Trinajstić information content (AvgIpc) is 2.47. The summed E-state index contributed by atoms with van der Waals surface area (Å²) in [6.07, 6.45) is 1.89. The average molecular weight is 351 g/mol. The number of nitrogens with two attached hydrogens (primary N) is 1. The standard InChI is InChI=1S/C16H15ClN4O.ClH/c1-16(2)7-12-13(8-18)15(19)21(20-14(12)9-22-16)11-5-3-10(17)4-6-11;/h3-7H,9,19H2,1-2H3;1H. The summed E-state index contributed by atoms with van der Waals surface area (Å²) in [5.74, 6) is 0.303. The van der Waals surface area contributed by atoms with Gasteiger partial charge in [0.05, 0.1) is 23.6 Å². The lowest BCUT2D eigenvalue weighted by Crippen LogP contribution is -2.39. The molecule has 2 aliphatic rings. The van der Waals surface area contributed by atoms with Gasteiger partial charge in [0.15, 0.2) is 0 Å². The topological polar surface area (TPSA) is 74.6 Å². The number of hydrogen-bond acceptors (Lipinski definition) is 5. The van der Waals surface area contributed by atoms with Crippen LogP contribution < -0.4 is 10.7 Å². The first-order valence-corrected chi connectivity index (χ1v) is 7.20. The maximum atomic E-state index is 9.51. The summed E-state index contributed by atoms with van der Waals surface area (Å²) in [5.41, 5.74) is 8.32. The van der Waals surface area contributed by atoms with Gasteiger partial charge in [0.2, 0.25) is 0 Å². The third-order valence-corrected chi connectivity index (χ3v) is 3.79. The van der Waals surface area contributed by atoms with E-state index in [4.69, 9.17) is 22.1 Å². The number of hydrogen-bond donors (Lipinski definition) is 1. The lowest BCUT2D eigenvalue weighted by atomic mass is 9.92. The van der Waals surface area contributed by atoms with Gasteiger partial charge in [-0.15, -0.1) is 12.4 Å². The molecule has 5 nitrogen and oxygen atoms in total. The van der Waals surface area contributed by atoms with Gasteiger partial charge >= 0.3 is 0 Å². The van der Waals surface area contributed by atoms with Crippen molar-refractivity contribution in [3.63, 3.8) is 0 Å². The van der Waals surface area contributed by atoms with E-state index >= 15 is 0 Å². The van der Waals surface area contributed by atoms with Gasteiger partial charge in [-0.2, -0.15) is 10.4 Å². The van der Waals surface area contributed by atoms with Crippen LogP contribution in [-0.2, 0) is 4.74 Å². The highest BCUT2D eigenvalue weighted by Gasteiger charge is 2.33. The third kappa shape index (κ3) is 3.20. The Balaban J connectivity index is 0.00000192. The number of ether oxygens (including phenoxy) is 1. The molecule has 2 N–H and O–H groups in total. The van der Waals surface area contributed by atoms with Crippen molar-refractivity contribution >= 4 is 35.4 Å². The Kier molecular flexibility index (Phi) is 4.71. The van der Waals surface area contributed by atoms with Crippen molar-refractivity contribution in [3.8, 4) is 6.07 Å². The van der Waals surface area contributed by atoms with Gasteiger partial charge in [-0.3, -0.25) is 0 Å². The van der Waals surface area contributed by atoms with Crippen molar-refractivity contribution in [1.29, 1.82) is 5.26 Å². The number of hydrazone groups is 1. The molecule has 120 valence electrons. The van der Waals surface area contributed by atoms with Crippen LogP contribution in [0.2, 0.25) is 5.02 Å². The van der Waals surface area contributed by atoms with Gasteiger partial charge < -0.3 is 10.5 Å². The van der Waals surface area contributed by atoms with Crippen LogP contribution in [0.4, 0.5) is 5.69 Å². The summed E-state index contributed by atoms with van der Waals surface area (Å²) >= 11 is 5.91. The molecule has 1 aromatic rings. The Bertz CT molecular complexity index is 757. The highest BCUT2D eigenvalue weighted by Crippen LogP contribution is 2.32. The molecule has 0 atom stereocenters. The number of rotatable bonds is 1. The molecule has 23 heavy (non-hydrogen) atoms. The number of nitrogens with zero attached hydrogens (tertiary/aromatic N) is 3. The van der Waals surface area contributed by atoms with E-state index in [0.717, 1.165) is 11.3 Å². The van der Waals surface area contributed by atoms with Crippen LogP contribution in [-0.4, -0.2) is 17.9 Å². The van der Waals surface area contributed by atoms with E-state index in [9.17, 15) is 5.26 Å². The Morgan fingerprint density at radius 3 is 2.61 bits per heavy atom. The van der Waals surface area contributed by atoms with Crippen molar-refractivity contribution in [2.24, 2.45) is 10.8 Å². The zero-order valence-corrected chi connectivity index (χ0v) is 14.3. The quantitative estimate of drug-likeness (QED) is 0.842. The van der Waals surface area contributed by atoms with Crippen LogP contribution in [0.1, 0.15) is 13.8 Å². The van der Waals surface area contributed by atoms with E-state index < -0.39 is 5.60 Å². The monoisotopic (exact) mass is 350 g/mol. The summed E-state index contributed by atoms with van der Waals surface area (Å²) in [6.45, 7) is 4.21. The normalized spacial score (nSPS) is 19.1. The maximum Gasteiger partial charge on any atom is 0.144 e. The molecule has 7 heteroatoms. The van der Waals surface area contributed by atoms with E-state index in [0.29, 0.717) is 28.7 Å². The van der Waals surface area contributed by atoms with Crippen LogP contribution in [0, 0.1) is 11.3 Å². The van der Waals surface area contributed by atoms with Gasteiger partial charge in [-0.25, -0.2) is 5.01 Å². The zero-order valence-electron chi connectivity index (χ0n) is 12.7. The molecule has 0 saturated heterocycles. The van der Waals surface area contributed by atoms with Crippen molar-refractivity contribution < 1.29 is 4.74 Å². The van der Waals surface area contributed by atoms with E-state index in [2.05, 4.69) is 11.2 Å². The van der Waals surface area contributed by atoms with Crippen LogP contribution in [0.3, 0.4) is 0 Å². The number of halogens is 2. The number of anilines is 1. The molecule has 0 amide bonds. The molecule has 1 aromatic carbocycles. The smallest absolute Gasteiger partial charge is 0.144 e. The van der Waals surface area contributed by atoms with Gasteiger partial charge in [0.1, 0.15) is 17.5 Å². The second-order valence-electron chi connectivity index (χ2n) is 5.66. The Morgan fingerprint density at radius 2 is 2.00 bits per heavy atom. The molecule has 0 aromatic heterocycles. The van der Waals surface area contributed by atoms with Crippen LogP contribution in [0.25, 0.3) is 0 Å². The van der Waals surface area contributed by atoms with Crippen LogP contribution in [0.5, 0.6) is 0 Å². The second kappa shape index (κ2) is 6.25. The van der Waals surface area contributed by atoms with Gasteiger partial charge in [-0.1, -0.05) is 11.6 Å². The van der Waals surface area contributed by atoms with Crippen molar-refractivity contribution in [2.45, 2.75) is 19.4 Å². The van der Waals surface area contributed by atoms with Crippen molar-refractivity contribution in [3.05, 3.63) is 52.3 Å². The summed E-state index contributed by atoms with van der Waals surface area (Å²) in [7, 11) is 0. The van der Waals surface area contributed by atoms with Crippen molar-refractivity contribution in [2.75, 3.05) is 11.6 Å². The lowest BCUT2D eigenvalue weighted by Gasteiger charge is -2.34. The van der Waals surface area contributed by atoms with E-state index in [1.807, 2.05) is 19.9 Å². The first kappa shape index (κ1) is 17.4. The number of benzene rings is 1. The summed E-state index contributed by atoms with van der Waals surface area (Å²) < 4.78 is 5.74. The SMILES string of the molecule is CC1(C)C=C2C(=NN(c3ccc(Cl)cc3)C(N)=C2C#N)CO1.Cl. The first-order valence-electron chi connectivity index (χ1n) is 6.82. The molecule has 2 aliphatic heterocycles. The molecule has 0 unspecified atom stereocenters. The van der Waals surface area contributed by atoms with Crippen LogP contribution >= 0.6 is 24.0 Å². The molecular weight excluding hydrogens is 335 g/mol. The molecule has 0 aliphatic carbocycles. The molecule has 0 fully saturated rings. The summed E-state index contributed by atoms with van der Waals surface area (Å²) in [5, 5.41) is 16.2. The molecule has 2 heterocycles. The predicted octanol–water partition coefficient (Wildman–Crippen LogP) is 3.37. The Hall–Kier alpha value is -2.00. The molecule has 0 radical (unpaired) electrons. The maximum absolute atomic E-state index is 9.51. The third-order valence-electron chi connectivity index (χ3n) is 3.54. The molecule has 0 bridgehead atoms. The highest BCUT2D eigenvalue weighted by molar-refractivity contribution is 6.30. The fourth-order valence-corrected chi connectivity index (χ4v) is 2.54. The van der Waals surface area contributed by atoms with Gasteiger partial charge in [0.25, 0.3) is 0 Å². The van der Waals surface area contributed by atoms with Crippen LogP contribution in [0.15, 0.2) is 52.4 Å². The van der Waals surface area contributed by atoms with E-state index in [1.54, 1.807) is 29.3 Å². The molecule has 0 saturated carbocycles. The van der Waals surface area contributed by atoms with E-state index in [1.165, 1.54) is 0 Å². The Labute approximate surface area is 146 Å². The molecular formula is C16H16Cl2N4O. The predicted molar refractivity (Wildman–Crippen MR) is 93.6 cm³/mol. The lowest BCUT2D eigenvalue weighted by molar-refractivity contribution is 0.0409. The molecule has 3 rings (SSSR count). The summed E-state index contributed by atoms with van der Waals surface area (Å²) in [6, 6.07) is 9.29. The fraction of sp³-hybridized carbons (Fsp3) is 0.250. The molecule has 0 spiro atoms. The minimum Gasteiger partial charge on any atom is -0.383 e. The largest absolute Gasteiger partial charge is 0.383 e. The van der Waals surface area contributed by atoms with E-state index in [-0.39, 0.29) is 12.4 Å². The zero-order chi connectivity index (χ0) is 15.9. The minimum absolute atomic E-state index is 0. The Morgan fingerprint density at radius 1 is 1.35 bits per heavy atom. The van der Waals surface area contributed by atoms with Gasteiger partial charge in [-0.05, 0) is 44.2 Å². The second-order valence-corrected chi connectivity index (χ2v) is 6.09. The number of fused-ring (bicyclic) bond motifs is 1. The first-order chi connectivity index (χ1) is 10.4. The van der Waals surface area contributed by atoms with Gasteiger partial charge in [0, 0.05) is 10.6 Å². The highest BCUT2D eigenvalue weighted by atomic mass is 35.5. The number of nitriles is 1. The number of allylic oxidation sites excluding steroid dienone is 1. The fourth-order valence-electron chi connectivity index (χ4n) is 2.42. The minimum atomic E-state index is -0.445. The van der Waals surface area contributed by atoms with Crippen molar-refractivity contribution in [1.82, 2.24) is 0 Å².